The zero-order valence-corrected chi connectivity index (χ0v) is 22.6. The Labute approximate surface area is 240 Å². The average Bonchev–Trinajstić information content (AvgIpc) is 3.70. The van der Waals surface area contributed by atoms with Crippen molar-refractivity contribution < 1.29 is 27.6 Å². The van der Waals surface area contributed by atoms with Crippen molar-refractivity contribution >= 4 is 17.4 Å². The molecule has 0 radical (unpaired) electrons. The molecule has 5 aromatic rings. The Balaban J connectivity index is 1.43. The third kappa shape index (κ3) is 6.16. The summed E-state index contributed by atoms with van der Waals surface area (Å²) in [7, 11) is 0. The number of hydrogen-bond acceptors (Lipinski definition) is 9. The van der Waals surface area contributed by atoms with E-state index in [-0.39, 0.29) is 36.2 Å². The number of ketones is 1. The van der Waals surface area contributed by atoms with Crippen LogP contribution in [-0.2, 0) is 25.9 Å². The van der Waals surface area contributed by atoms with Gasteiger partial charge in [0, 0.05) is 22.8 Å². The molecule has 1 aromatic carbocycles. The number of benzene rings is 1. The standard InChI is InChI=1S/C26H22ClF3N8O4/c1-2-17-10-21(42-35-17)20(39)11-18-19(4-3-9-31-18)38-14-32-23(33-38)13-37-25(41)36(12-22(40)26(28,29)30)24(34-37)15-5-7-16(27)8-6-15/h3-10,14,22,40H,2,11-13H2,1H3/t22-/m0/s1. The topological polar surface area (TPSA) is 147 Å². The number of nitrogens with zero attached hydrogens (tertiary/aromatic N) is 8. The molecule has 0 saturated carbocycles. The Kier molecular flexibility index (Phi) is 8.04. The highest BCUT2D eigenvalue weighted by Gasteiger charge is 2.39. The van der Waals surface area contributed by atoms with Crippen LogP contribution in [-0.4, -0.2) is 62.4 Å². The minimum atomic E-state index is -4.95. The lowest BCUT2D eigenvalue weighted by Gasteiger charge is -2.15. The molecular weight excluding hydrogens is 581 g/mol. The smallest absolute Gasteiger partial charge is 0.382 e. The number of pyridine rings is 1. The molecule has 4 aromatic heterocycles. The van der Waals surface area contributed by atoms with Gasteiger partial charge in [-0.3, -0.25) is 14.3 Å². The Hall–Kier alpha value is -4.63. The number of Topliss-reactive ketones (excluding diaryl/α,β-unsaturated/α-hetero) is 1. The predicted octanol–water partition coefficient (Wildman–Crippen LogP) is 3.29. The molecule has 0 bridgehead atoms. The number of rotatable bonds is 10. The highest BCUT2D eigenvalue weighted by Crippen LogP contribution is 2.24. The molecule has 5 rings (SSSR count). The van der Waals surface area contributed by atoms with Gasteiger partial charge in [0.2, 0.25) is 11.5 Å². The molecule has 218 valence electrons. The second-order valence-corrected chi connectivity index (χ2v) is 9.59. The molecule has 0 aliphatic carbocycles. The molecule has 12 nitrogen and oxygen atoms in total. The molecule has 0 aliphatic rings. The molecule has 0 aliphatic heterocycles. The van der Waals surface area contributed by atoms with Crippen LogP contribution in [0.3, 0.4) is 0 Å². The van der Waals surface area contributed by atoms with Gasteiger partial charge in [-0.25, -0.2) is 19.1 Å². The molecule has 1 N–H and O–H groups in total. The van der Waals surface area contributed by atoms with Gasteiger partial charge in [-0.05, 0) is 42.8 Å². The zero-order chi connectivity index (χ0) is 30.0. The van der Waals surface area contributed by atoms with E-state index in [1.165, 1.54) is 41.5 Å². The van der Waals surface area contributed by atoms with Crippen LogP contribution in [0.2, 0.25) is 5.02 Å². The SMILES string of the molecule is CCc1cc(C(=O)Cc2ncccc2-n2cnc(Cn3nc(-c4ccc(Cl)cc4)n(C[C@H](O)C(F)(F)F)c3=O)n2)on1. The lowest BCUT2D eigenvalue weighted by atomic mass is 10.1. The lowest BCUT2D eigenvalue weighted by Crippen LogP contribution is -2.37. The molecular formula is C26H22ClF3N8O4. The van der Waals surface area contributed by atoms with Crippen LogP contribution in [0, 0.1) is 0 Å². The summed E-state index contributed by atoms with van der Waals surface area (Å²) in [6.07, 6.45) is -4.39. The first-order valence-electron chi connectivity index (χ1n) is 12.6. The van der Waals surface area contributed by atoms with Gasteiger partial charge in [0.1, 0.15) is 12.9 Å². The van der Waals surface area contributed by atoms with Gasteiger partial charge in [-0.2, -0.15) is 13.2 Å². The normalized spacial score (nSPS) is 12.5. The maximum Gasteiger partial charge on any atom is 0.416 e. The largest absolute Gasteiger partial charge is 0.416 e. The maximum atomic E-state index is 13.1. The molecule has 4 heterocycles. The molecule has 0 spiro atoms. The van der Waals surface area contributed by atoms with Crippen molar-refractivity contribution in [3.8, 4) is 17.1 Å². The second kappa shape index (κ2) is 11.7. The van der Waals surface area contributed by atoms with E-state index in [0.717, 1.165) is 9.25 Å². The summed E-state index contributed by atoms with van der Waals surface area (Å²) in [4.78, 5) is 34.4. The fourth-order valence-corrected chi connectivity index (χ4v) is 4.17. The van der Waals surface area contributed by atoms with Gasteiger partial charge in [0.15, 0.2) is 17.8 Å². The second-order valence-electron chi connectivity index (χ2n) is 9.15. The van der Waals surface area contributed by atoms with Crippen molar-refractivity contribution in [1.82, 2.24) is 39.3 Å². The fraction of sp³-hybridized carbons (Fsp3) is 0.269. The summed E-state index contributed by atoms with van der Waals surface area (Å²) < 4.78 is 47.5. The average molecular weight is 603 g/mol. The van der Waals surface area contributed by atoms with Crippen LogP contribution in [0.25, 0.3) is 17.1 Å². The summed E-state index contributed by atoms with van der Waals surface area (Å²) in [6, 6.07) is 10.9. The van der Waals surface area contributed by atoms with Crippen molar-refractivity contribution in [2.24, 2.45) is 0 Å². The van der Waals surface area contributed by atoms with Crippen molar-refractivity contribution in [3.05, 3.63) is 93.5 Å². The Bertz CT molecular complexity index is 1770. The van der Waals surface area contributed by atoms with E-state index in [0.29, 0.717) is 34.1 Å². The van der Waals surface area contributed by atoms with Gasteiger partial charge in [-0.15, -0.1) is 10.2 Å². The number of aliphatic hydroxyl groups excluding tert-OH is 1. The van der Waals surface area contributed by atoms with Gasteiger partial charge >= 0.3 is 11.9 Å². The summed E-state index contributed by atoms with van der Waals surface area (Å²) in [5, 5.41) is 22.4. The van der Waals surface area contributed by atoms with Crippen LogP contribution in [0.1, 0.15) is 34.7 Å². The molecule has 0 unspecified atom stereocenters. The number of aryl methyl sites for hydroxylation is 1. The highest BCUT2D eigenvalue weighted by atomic mass is 35.5. The minimum absolute atomic E-state index is 0.102. The van der Waals surface area contributed by atoms with Crippen LogP contribution >= 0.6 is 11.6 Å². The van der Waals surface area contributed by atoms with Crippen LogP contribution in [0.4, 0.5) is 13.2 Å². The van der Waals surface area contributed by atoms with Crippen LogP contribution in [0.15, 0.2) is 64.3 Å². The quantitative estimate of drug-likeness (QED) is 0.238. The van der Waals surface area contributed by atoms with E-state index in [1.54, 1.807) is 18.2 Å². The van der Waals surface area contributed by atoms with Crippen molar-refractivity contribution in [3.63, 3.8) is 0 Å². The van der Waals surface area contributed by atoms with Crippen molar-refractivity contribution in [2.45, 2.75) is 45.1 Å². The first kappa shape index (κ1) is 28.9. The van der Waals surface area contributed by atoms with E-state index in [9.17, 15) is 27.9 Å². The van der Waals surface area contributed by atoms with E-state index in [2.05, 4.69) is 25.3 Å². The number of alkyl halides is 3. The van der Waals surface area contributed by atoms with Crippen molar-refractivity contribution in [1.29, 1.82) is 0 Å². The summed E-state index contributed by atoms with van der Waals surface area (Å²) in [5.74, 6) is -0.240. The predicted molar refractivity (Wildman–Crippen MR) is 141 cm³/mol. The Morgan fingerprint density at radius 2 is 1.90 bits per heavy atom. The number of aliphatic hydroxyl groups is 1. The molecule has 16 heteroatoms. The molecule has 0 amide bonds. The van der Waals surface area contributed by atoms with E-state index in [1.807, 2.05) is 6.92 Å². The number of aromatic nitrogens is 8. The zero-order valence-electron chi connectivity index (χ0n) is 21.9. The van der Waals surface area contributed by atoms with E-state index >= 15 is 0 Å². The molecule has 1 atom stereocenters. The number of halogens is 4. The third-order valence-electron chi connectivity index (χ3n) is 6.23. The minimum Gasteiger partial charge on any atom is -0.382 e. The van der Waals surface area contributed by atoms with Gasteiger partial charge in [-0.1, -0.05) is 23.7 Å². The molecule has 0 fully saturated rings. The monoisotopic (exact) mass is 602 g/mol. The van der Waals surface area contributed by atoms with Gasteiger partial charge in [0.05, 0.1) is 30.0 Å². The Morgan fingerprint density at radius 3 is 2.60 bits per heavy atom. The third-order valence-corrected chi connectivity index (χ3v) is 6.48. The first-order valence-corrected chi connectivity index (χ1v) is 12.9. The van der Waals surface area contributed by atoms with E-state index in [4.69, 9.17) is 16.1 Å². The lowest BCUT2D eigenvalue weighted by molar-refractivity contribution is -0.207. The summed E-state index contributed by atoms with van der Waals surface area (Å²) in [6.45, 7) is 0.516. The van der Waals surface area contributed by atoms with Gasteiger partial charge < -0.3 is 9.63 Å². The molecule has 42 heavy (non-hydrogen) atoms. The fourth-order valence-electron chi connectivity index (χ4n) is 4.04. The molecule has 0 saturated heterocycles. The number of hydrogen-bond donors (Lipinski definition) is 1. The van der Waals surface area contributed by atoms with Gasteiger partial charge in [0.25, 0.3) is 0 Å². The number of carbonyl (C=O) groups is 1. The number of carbonyl (C=O) groups excluding carboxylic acids is 1. The summed E-state index contributed by atoms with van der Waals surface area (Å²) in [5.41, 5.74) is 0.857. The van der Waals surface area contributed by atoms with Crippen LogP contribution < -0.4 is 5.69 Å². The van der Waals surface area contributed by atoms with Crippen LogP contribution in [0.5, 0.6) is 0 Å². The highest BCUT2D eigenvalue weighted by molar-refractivity contribution is 6.30. The van der Waals surface area contributed by atoms with E-state index < -0.39 is 24.5 Å². The summed E-state index contributed by atoms with van der Waals surface area (Å²) >= 11 is 5.92. The first-order chi connectivity index (χ1) is 20.0. The Morgan fingerprint density at radius 1 is 1.14 bits per heavy atom. The maximum absolute atomic E-state index is 13.1. The van der Waals surface area contributed by atoms with Crippen molar-refractivity contribution in [2.75, 3.05) is 0 Å².